The van der Waals surface area contributed by atoms with Crippen LogP contribution in [0.25, 0.3) is 53.5 Å². The van der Waals surface area contributed by atoms with Gasteiger partial charge in [-0.2, -0.15) is 8.75 Å². The summed E-state index contributed by atoms with van der Waals surface area (Å²) < 4.78 is 9.62. The van der Waals surface area contributed by atoms with Gasteiger partial charge in [0.1, 0.15) is 11.0 Å². The molecule has 1 N–H and O–H groups in total. The lowest BCUT2D eigenvalue weighted by Crippen LogP contribution is -2.15. The number of hydrogen-bond donors (Lipinski definition) is 1. The molecule has 224 valence electrons. The van der Waals surface area contributed by atoms with E-state index in [1.165, 1.54) is 93.3 Å². The summed E-state index contributed by atoms with van der Waals surface area (Å²) >= 11 is 5.03. The van der Waals surface area contributed by atoms with Crippen LogP contribution in [0.3, 0.4) is 0 Å². The largest absolute Gasteiger partial charge is 0.396 e. The second-order valence-electron chi connectivity index (χ2n) is 12.8. The van der Waals surface area contributed by atoms with E-state index in [1.54, 1.807) is 0 Å². The minimum Gasteiger partial charge on any atom is -0.396 e. The first-order valence-electron chi connectivity index (χ1n) is 15.6. The van der Waals surface area contributed by atoms with Crippen molar-refractivity contribution < 1.29 is 5.11 Å². The Balaban J connectivity index is 1.20. The molecule has 3 nitrogen and oxygen atoms in total. The summed E-state index contributed by atoms with van der Waals surface area (Å²) in [6.07, 6.45) is 5.42. The van der Waals surface area contributed by atoms with Crippen LogP contribution in [0.15, 0.2) is 60.7 Å². The summed E-state index contributed by atoms with van der Waals surface area (Å²) in [5.74, 6) is 0. The second kappa shape index (κ2) is 11.6. The van der Waals surface area contributed by atoms with Crippen LogP contribution in [-0.4, -0.2) is 20.5 Å². The molecule has 0 saturated carbocycles. The average Bonchev–Trinajstić information content (AvgIpc) is 3.78. The highest BCUT2D eigenvalue weighted by molar-refractivity contribution is 7.19. The zero-order valence-electron chi connectivity index (χ0n) is 26.1. The van der Waals surface area contributed by atoms with Crippen LogP contribution in [-0.2, 0) is 11.8 Å². The quantitative estimate of drug-likeness (QED) is 0.161. The molecule has 0 radical (unpaired) electrons. The number of benzene rings is 3. The molecule has 6 heteroatoms. The van der Waals surface area contributed by atoms with Gasteiger partial charge in [0.25, 0.3) is 0 Å². The molecule has 3 aromatic carbocycles. The van der Waals surface area contributed by atoms with Crippen LogP contribution in [0, 0.1) is 20.8 Å². The fourth-order valence-electron chi connectivity index (χ4n) is 6.84. The summed E-state index contributed by atoms with van der Waals surface area (Å²) in [7, 11) is 0. The minimum absolute atomic E-state index is 0.0190. The lowest BCUT2D eigenvalue weighted by Gasteiger charge is -2.22. The first-order valence-corrected chi connectivity index (χ1v) is 18.0. The van der Waals surface area contributed by atoms with Crippen molar-refractivity contribution in [3.05, 3.63) is 93.4 Å². The Labute approximate surface area is 272 Å². The van der Waals surface area contributed by atoms with Gasteiger partial charge in [0.15, 0.2) is 0 Å². The van der Waals surface area contributed by atoms with Gasteiger partial charge in [-0.05, 0) is 97.2 Å². The van der Waals surface area contributed by atoms with E-state index in [2.05, 4.69) is 95.3 Å². The number of aliphatic hydroxyl groups is 1. The third-order valence-corrected chi connectivity index (χ3v) is 12.3. The van der Waals surface area contributed by atoms with Crippen molar-refractivity contribution in [3.63, 3.8) is 0 Å². The molecule has 0 bridgehead atoms. The second-order valence-corrected chi connectivity index (χ2v) is 15.6. The molecule has 0 saturated heterocycles. The van der Waals surface area contributed by atoms with Gasteiger partial charge in [0.05, 0.1) is 11.7 Å². The summed E-state index contributed by atoms with van der Waals surface area (Å²) in [5, 5.41) is 9.06. The number of thiophene rings is 2. The molecule has 6 aromatic rings. The van der Waals surface area contributed by atoms with E-state index in [9.17, 15) is 0 Å². The van der Waals surface area contributed by atoms with Crippen LogP contribution in [0.2, 0.25) is 0 Å². The van der Waals surface area contributed by atoms with Gasteiger partial charge < -0.3 is 5.11 Å². The zero-order chi connectivity index (χ0) is 30.6. The van der Waals surface area contributed by atoms with Gasteiger partial charge in [-0.1, -0.05) is 74.7 Å². The smallest absolute Gasteiger partial charge is 0.114 e. The zero-order valence-corrected chi connectivity index (χ0v) is 28.5. The first-order chi connectivity index (χ1) is 21.3. The maximum absolute atomic E-state index is 9.06. The fourth-order valence-corrected chi connectivity index (χ4v) is 9.71. The Hall–Kier alpha value is -3.16. The number of hydrogen-bond acceptors (Lipinski definition) is 6. The number of nitrogens with zero attached hydrogens (tertiary/aromatic N) is 2. The van der Waals surface area contributed by atoms with Crippen molar-refractivity contribution in [2.24, 2.45) is 0 Å². The van der Waals surface area contributed by atoms with E-state index < -0.39 is 0 Å². The molecule has 0 atom stereocenters. The van der Waals surface area contributed by atoms with E-state index in [-0.39, 0.29) is 5.41 Å². The minimum atomic E-state index is -0.0190. The van der Waals surface area contributed by atoms with Crippen LogP contribution >= 0.6 is 34.4 Å². The number of unbranched alkanes of at least 4 members (excludes halogenated alkanes) is 3. The molecule has 1 aliphatic carbocycles. The lowest BCUT2D eigenvalue weighted by molar-refractivity contribution is 0.282. The van der Waals surface area contributed by atoms with Crippen LogP contribution in [0.5, 0.6) is 0 Å². The van der Waals surface area contributed by atoms with Gasteiger partial charge in [-0.15, -0.1) is 22.7 Å². The Morgan fingerprint density at radius 2 is 1.32 bits per heavy atom. The lowest BCUT2D eigenvalue weighted by atomic mass is 9.81. The van der Waals surface area contributed by atoms with Crippen LogP contribution in [0.4, 0.5) is 0 Å². The molecule has 1 aliphatic rings. The van der Waals surface area contributed by atoms with Crippen LogP contribution in [0.1, 0.15) is 72.2 Å². The molecule has 3 heterocycles. The highest BCUT2D eigenvalue weighted by Gasteiger charge is 2.35. The van der Waals surface area contributed by atoms with E-state index in [0.717, 1.165) is 36.7 Å². The molecule has 0 amide bonds. The van der Waals surface area contributed by atoms with E-state index in [4.69, 9.17) is 13.9 Å². The summed E-state index contributed by atoms with van der Waals surface area (Å²) in [5.41, 5.74) is 15.2. The molecule has 44 heavy (non-hydrogen) atoms. The maximum Gasteiger partial charge on any atom is 0.114 e. The normalized spacial score (nSPS) is 13.5. The molecule has 0 aliphatic heterocycles. The van der Waals surface area contributed by atoms with Gasteiger partial charge in [-0.3, -0.25) is 0 Å². The number of rotatable bonds is 9. The Kier molecular flexibility index (Phi) is 7.82. The van der Waals surface area contributed by atoms with Crippen molar-refractivity contribution in [1.29, 1.82) is 0 Å². The third-order valence-electron chi connectivity index (χ3n) is 9.33. The van der Waals surface area contributed by atoms with Crippen molar-refractivity contribution >= 4 is 45.4 Å². The third kappa shape index (κ3) is 5.06. The highest BCUT2D eigenvalue weighted by atomic mass is 32.1. The summed E-state index contributed by atoms with van der Waals surface area (Å²) in [6.45, 7) is 11.7. The van der Waals surface area contributed by atoms with Gasteiger partial charge in [0, 0.05) is 42.7 Å². The molecular weight excluding hydrogens is 597 g/mol. The van der Waals surface area contributed by atoms with Gasteiger partial charge in [0.2, 0.25) is 0 Å². The van der Waals surface area contributed by atoms with Crippen molar-refractivity contribution in [1.82, 2.24) is 8.75 Å². The topological polar surface area (TPSA) is 46.0 Å². The molecule has 0 unspecified atom stereocenters. The maximum atomic E-state index is 9.06. The fraction of sp³-hybridized carbons (Fsp3) is 0.316. The average molecular weight is 635 g/mol. The number of fused-ring (bicyclic) bond motifs is 4. The summed E-state index contributed by atoms with van der Waals surface area (Å²) in [4.78, 5) is 5.23. The van der Waals surface area contributed by atoms with Gasteiger partial charge >= 0.3 is 0 Å². The van der Waals surface area contributed by atoms with E-state index in [0.29, 0.717) is 6.61 Å². The number of aromatic nitrogens is 2. The van der Waals surface area contributed by atoms with Gasteiger partial charge in [-0.25, -0.2) is 0 Å². The van der Waals surface area contributed by atoms with Crippen molar-refractivity contribution in [2.45, 2.75) is 72.1 Å². The predicted molar refractivity (Wildman–Crippen MR) is 191 cm³/mol. The molecule has 3 aromatic heterocycles. The molecule has 7 rings (SSSR count). The van der Waals surface area contributed by atoms with Crippen molar-refractivity contribution in [2.75, 3.05) is 6.61 Å². The Morgan fingerprint density at radius 1 is 0.682 bits per heavy atom. The molecule has 0 spiro atoms. The van der Waals surface area contributed by atoms with Crippen LogP contribution < -0.4 is 0 Å². The number of aliphatic hydroxyl groups excluding tert-OH is 1. The summed E-state index contributed by atoms with van der Waals surface area (Å²) in [6, 6.07) is 23.1. The standard InChI is InChI=1S/C38H38N2OS3/c1-22-11-13-27-28-14-12-26(20-32(28)38(4,5)31(27)18-22)37-23(2)19-33(43-37)29-15-16-30(36-35(29)39-44-40-36)34-21-25(24(3)42-34)10-8-6-7-9-17-41/h11-16,18-21,41H,6-10,17H2,1-5H3. The molecule has 0 fully saturated rings. The van der Waals surface area contributed by atoms with E-state index in [1.807, 2.05) is 22.7 Å². The Bertz CT molecular complexity index is 2010. The Morgan fingerprint density at radius 3 is 2.05 bits per heavy atom. The van der Waals surface area contributed by atoms with Crippen molar-refractivity contribution in [3.8, 4) is 42.4 Å². The van der Waals surface area contributed by atoms with E-state index >= 15 is 0 Å². The number of aryl methyl sites for hydroxylation is 4. The highest BCUT2D eigenvalue weighted by Crippen LogP contribution is 2.51. The first kappa shape index (κ1) is 29.5. The predicted octanol–water partition coefficient (Wildman–Crippen LogP) is 11.1. The molecular formula is C38H38N2OS3. The monoisotopic (exact) mass is 634 g/mol. The SMILES string of the molecule is Cc1ccc2c(c1)C(C)(C)c1cc(-c3sc(-c4ccc(-c5cc(CCCCCCO)c(C)s5)c5nsnc45)cc3C)ccc1-2.